The van der Waals surface area contributed by atoms with Crippen molar-refractivity contribution in [1.29, 1.82) is 0 Å². The van der Waals surface area contributed by atoms with Gasteiger partial charge >= 0.3 is 12.0 Å². The molecule has 3 N–H and O–H groups in total. The van der Waals surface area contributed by atoms with Crippen LogP contribution in [0.2, 0.25) is 0 Å². The number of carbonyl (C=O) groups is 2. The molecule has 0 radical (unpaired) electrons. The monoisotopic (exact) mass is 285 g/mol. The highest BCUT2D eigenvalue weighted by atomic mass is 16.4. The molecule has 0 bridgehead atoms. The summed E-state index contributed by atoms with van der Waals surface area (Å²) in [6, 6.07) is -0.137. The van der Waals surface area contributed by atoms with E-state index in [0.29, 0.717) is 32.5 Å². The molecular weight excluding hydrogens is 258 g/mol. The molecule has 2 amide bonds. The SMILES string of the molecule is CCCC1(C(=O)O)CCCN(C(=O)NCCCNC)C1. The van der Waals surface area contributed by atoms with Crippen molar-refractivity contribution in [3.63, 3.8) is 0 Å². The number of amides is 2. The summed E-state index contributed by atoms with van der Waals surface area (Å²) in [5, 5.41) is 15.4. The maximum absolute atomic E-state index is 12.1. The average molecular weight is 285 g/mol. The molecule has 1 aliphatic heterocycles. The first kappa shape index (κ1) is 16.8. The maximum Gasteiger partial charge on any atom is 0.317 e. The zero-order valence-electron chi connectivity index (χ0n) is 12.6. The van der Waals surface area contributed by atoms with Crippen molar-refractivity contribution in [1.82, 2.24) is 15.5 Å². The predicted molar refractivity (Wildman–Crippen MR) is 77.7 cm³/mol. The van der Waals surface area contributed by atoms with Gasteiger partial charge in [0.25, 0.3) is 0 Å². The molecule has 1 saturated heterocycles. The molecule has 1 rings (SSSR count). The van der Waals surface area contributed by atoms with Crippen LogP contribution in [0.15, 0.2) is 0 Å². The summed E-state index contributed by atoms with van der Waals surface area (Å²) in [5.74, 6) is -0.771. The Hall–Kier alpha value is -1.30. The normalized spacial score (nSPS) is 22.6. The first-order chi connectivity index (χ1) is 9.55. The van der Waals surface area contributed by atoms with Crippen molar-refractivity contribution in [2.24, 2.45) is 5.41 Å². The van der Waals surface area contributed by atoms with Gasteiger partial charge in [0.2, 0.25) is 0 Å². The van der Waals surface area contributed by atoms with Gasteiger partial charge in [-0.15, -0.1) is 0 Å². The average Bonchev–Trinajstić information content (AvgIpc) is 2.44. The Bertz CT molecular complexity index is 332. The summed E-state index contributed by atoms with van der Waals surface area (Å²) >= 11 is 0. The van der Waals surface area contributed by atoms with Crippen molar-refractivity contribution in [2.45, 2.75) is 39.0 Å². The zero-order chi connectivity index (χ0) is 15.0. The summed E-state index contributed by atoms with van der Waals surface area (Å²) in [5.41, 5.74) is -0.755. The Kier molecular flexibility index (Phi) is 6.78. The fourth-order valence-electron chi connectivity index (χ4n) is 2.84. The maximum atomic E-state index is 12.1. The predicted octanol–water partition coefficient (Wildman–Crippen LogP) is 1.27. The molecule has 1 unspecified atom stereocenters. The van der Waals surface area contributed by atoms with E-state index in [4.69, 9.17) is 0 Å². The van der Waals surface area contributed by atoms with Crippen LogP contribution in [0.1, 0.15) is 39.0 Å². The number of urea groups is 1. The van der Waals surface area contributed by atoms with Gasteiger partial charge in [0.05, 0.1) is 5.41 Å². The van der Waals surface area contributed by atoms with Gasteiger partial charge in [-0.3, -0.25) is 4.79 Å². The smallest absolute Gasteiger partial charge is 0.317 e. The summed E-state index contributed by atoms with van der Waals surface area (Å²) in [6.45, 7) is 4.44. The van der Waals surface area contributed by atoms with E-state index < -0.39 is 11.4 Å². The Morgan fingerprint density at radius 2 is 2.10 bits per heavy atom. The van der Waals surface area contributed by atoms with Crippen LogP contribution in [0, 0.1) is 5.41 Å². The Morgan fingerprint density at radius 3 is 2.70 bits per heavy atom. The highest BCUT2D eigenvalue weighted by Crippen LogP contribution is 2.35. The molecule has 116 valence electrons. The third kappa shape index (κ3) is 4.37. The molecule has 6 nitrogen and oxygen atoms in total. The Morgan fingerprint density at radius 1 is 1.35 bits per heavy atom. The van der Waals surface area contributed by atoms with Crippen molar-refractivity contribution in [2.75, 3.05) is 33.2 Å². The first-order valence-corrected chi connectivity index (χ1v) is 7.46. The number of rotatable bonds is 7. The molecule has 0 aromatic carbocycles. The molecule has 1 atom stereocenters. The summed E-state index contributed by atoms with van der Waals surface area (Å²) in [7, 11) is 1.87. The number of nitrogens with one attached hydrogen (secondary N) is 2. The van der Waals surface area contributed by atoms with E-state index in [1.807, 2.05) is 14.0 Å². The highest BCUT2D eigenvalue weighted by molar-refractivity contribution is 5.78. The van der Waals surface area contributed by atoms with Crippen LogP contribution in [0.25, 0.3) is 0 Å². The number of nitrogens with zero attached hydrogens (tertiary/aromatic N) is 1. The Labute approximate surface area is 120 Å². The summed E-state index contributed by atoms with van der Waals surface area (Å²) in [6.07, 6.45) is 3.75. The fourth-order valence-corrected chi connectivity index (χ4v) is 2.84. The van der Waals surface area contributed by atoms with Crippen LogP contribution in [0.4, 0.5) is 4.79 Å². The van der Waals surface area contributed by atoms with Gasteiger partial charge in [0, 0.05) is 19.6 Å². The lowest BCUT2D eigenvalue weighted by molar-refractivity contribution is -0.152. The number of carboxylic acid groups (broad SMARTS) is 1. The summed E-state index contributed by atoms with van der Waals surface area (Å²) < 4.78 is 0. The van der Waals surface area contributed by atoms with E-state index in [-0.39, 0.29) is 6.03 Å². The van der Waals surface area contributed by atoms with Gasteiger partial charge in [-0.2, -0.15) is 0 Å². The molecule has 6 heteroatoms. The first-order valence-electron chi connectivity index (χ1n) is 7.46. The minimum Gasteiger partial charge on any atom is -0.481 e. The largest absolute Gasteiger partial charge is 0.481 e. The zero-order valence-corrected chi connectivity index (χ0v) is 12.6. The van der Waals surface area contributed by atoms with Gasteiger partial charge in [-0.1, -0.05) is 13.3 Å². The molecule has 0 saturated carbocycles. The number of hydrogen-bond donors (Lipinski definition) is 3. The van der Waals surface area contributed by atoms with E-state index in [1.165, 1.54) is 0 Å². The van der Waals surface area contributed by atoms with E-state index in [0.717, 1.165) is 25.8 Å². The molecule has 1 heterocycles. The number of likely N-dealkylation sites (tertiary alicyclic amines) is 1. The van der Waals surface area contributed by atoms with E-state index >= 15 is 0 Å². The highest BCUT2D eigenvalue weighted by Gasteiger charge is 2.42. The molecule has 0 spiro atoms. The lowest BCUT2D eigenvalue weighted by Gasteiger charge is -2.39. The van der Waals surface area contributed by atoms with Crippen molar-refractivity contribution >= 4 is 12.0 Å². The van der Waals surface area contributed by atoms with Crippen molar-refractivity contribution in [3.05, 3.63) is 0 Å². The van der Waals surface area contributed by atoms with E-state index in [1.54, 1.807) is 4.90 Å². The second-order valence-corrected chi connectivity index (χ2v) is 5.55. The molecule has 20 heavy (non-hydrogen) atoms. The third-order valence-electron chi connectivity index (χ3n) is 3.93. The molecule has 0 aromatic rings. The quantitative estimate of drug-likeness (QED) is 0.615. The van der Waals surface area contributed by atoms with Crippen molar-refractivity contribution < 1.29 is 14.7 Å². The number of piperidine rings is 1. The molecule has 1 aliphatic rings. The minimum atomic E-state index is -0.771. The van der Waals surface area contributed by atoms with E-state index in [9.17, 15) is 14.7 Å². The standard InChI is InChI=1S/C14H27N3O3/c1-3-6-14(12(18)19)7-4-10-17(11-14)13(20)16-9-5-8-15-2/h15H,3-11H2,1-2H3,(H,16,20)(H,18,19). The van der Waals surface area contributed by atoms with Gasteiger partial charge in [0.15, 0.2) is 0 Å². The number of carbonyl (C=O) groups excluding carboxylic acids is 1. The topological polar surface area (TPSA) is 81.7 Å². The molecule has 0 aromatic heterocycles. The lowest BCUT2D eigenvalue weighted by Crippen LogP contribution is -2.52. The van der Waals surface area contributed by atoms with Crippen LogP contribution < -0.4 is 10.6 Å². The number of aliphatic carboxylic acids is 1. The third-order valence-corrected chi connectivity index (χ3v) is 3.93. The second-order valence-electron chi connectivity index (χ2n) is 5.55. The molecular formula is C14H27N3O3. The number of carboxylic acids is 1. The minimum absolute atomic E-state index is 0.137. The van der Waals surface area contributed by atoms with Gasteiger partial charge in [0.1, 0.15) is 0 Å². The number of hydrogen-bond acceptors (Lipinski definition) is 3. The van der Waals surface area contributed by atoms with Gasteiger partial charge in [-0.05, 0) is 39.3 Å². The summed E-state index contributed by atoms with van der Waals surface area (Å²) in [4.78, 5) is 25.3. The lowest BCUT2D eigenvalue weighted by atomic mass is 9.76. The molecule has 0 aliphatic carbocycles. The van der Waals surface area contributed by atoms with Gasteiger partial charge < -0.3 is 20.6 Å². The molecule has 1 fully saturated rings. The van der Waals surface area contributed by atoms with Crippen LogP contribution in [0.3, 0.4) is 0 Å². The van der Waals surface area contributed by atoms with E-state index in [2.05, 4.69) is 10.6 Å². The van der Waals surface area contributed by atoms with Crippen LogP contribution >= 0.6 is 0 Å². The van der Waals surface area contributed by atoms with Crippen molar-refractivity contribution in [3.8, 4) is 0 Å². The van der Waals surface area contributed by atoms with Crippen LogP contribution in [-0.2, 0) is 4.79 Å². The van der Waals surface area contributed by atoms with Crippen LogP contribution in [-0.4, -0.2) is 55.2 Å². The van der Waals surface area contributed by atoms with Crippen LogP contribution in [0.5, 0.6) is 0 Å². The second kappa shape index (κ2) is 8.09. The van der Waals surface area contributed by atoms with Gasteiger partial charge in [-0.25, -0.2) is 4.79 Å². The Balaban J connectivity index is 2.54. The fraction of sp³-hybridized carbons (Fsp3) is 0.857.